The molecule has 1 aromatic heterocycles. The van der Waals surface area contributed by atoms with Crippen LogP contribution in [0.5, 0.6) is 5.75 Å². The number of aromatic nitrogens is 1. The zero-order valence-electron chi connectivity index (χ0n) is 14.1. The third-order valence-corrected chi connectivity index (χ3v) is 3.61. The van der Waals surface area contributed by atoms with E-state index < -0.39 is 0 Å². The summed E-state index contributed by atoms with van der Waals surface area (Å²) in [6.07, 6.45) is 2.12. The molecular weight excluding hydrogens is 304 g/mol. The van der Waals surface area contributed by atoms with Crippen molar-refractivity contribution in [2.24, 2.45) is 0 Å². The molecule has 0 radical (unpaired) electrons. The molecule has 0 aliphatic rings. The maximum Gasteiger partial charge on any atom is 0.273 e. The number of nitrogens with one attached hydrogen (secondary N) is 1. The summed E-state index contributed by atoms with van der Waals surface area (Å²) in [5, 5.41) is 12.2. The van der Waals surface area contributed by atoms with Crippen LogP contribution in [-0.2, 0) is 0 Å². The summed E-state index contributed by atoms with van der Waals surface area (Å²) in [7, 11) is 0. The van der Waals surface area contributed by atoms with Gasteiger partial charge in [-0.15, -0.1) is 0 Å². The first-order valence-corrected chi connectivity index (χ1v) is 8.17. The molecule has 128 valence electrons. The molecule has 0 saturated heterocycles. The summed E-state index contributed by atoms with van der Waals surface area (Å²) in [5.41, 5.74) is 1.37. The third-order valence-electron chi connectivity index (χ3n) is 3.61. The summed E-state index contributed by atoms with van der Waals surface area (Å²) in [4.78, 5) is 16.6. The van der Waals surface area contributed by atoms with Crippen LogP contribution in [0.3, 0.4) is 0 Å². The standard InChI is InChI=1S/C19H24N2O3/c1-14(2)24-17-9-6-11-20-18(17)19(23)21-13-16(10-12-22)15-7-4-3-5-8-15/h3-9,11,14,16,22H,10,12-13H2,1-2H3,(H,21,23). The van der Waals surface area contributed by atoms with Crippen LogP contribution in [0.15, 0.2) is 48.7 Å². The minimum absolute atomic E-state index is 0.0350. The Labute approximate surface area is 142 Å². The van der Waals surface area contributed by atoms with Gasteiger partial charge in [-0.1, -0.05) is 30.3 Å². The normalized spacial score (nSPS) is 12.0. The Morgan fingerprint density at radius 1 is 1.21 bits per heavy atom. The lowest BCUT2D eigenvalue weighted by molar-refractivity contribution is 0.0938. The van der Waals surface area contributed by atoms with Gasteiger partial charge in [0.15, 0.2) is 11.4 Å². The van der Waals surface area contributed by atoms with Gasteiger partial charge in [-0.25, -0.2) is 4.98 Å². The second-order valence-electron chi connectivity index (χ2n) is 5.85. The fraction of sp³-hybridized carbons (Fsp3) is 0.368. The second-order valence-corrected chi connectivity index (χ2v) is 5.85. The minimum atomic E-state index is -0.273. The molecule has 24 heavy (non-hydrogen) atoms. The van der Waals surface area contributed by atoms with Gasteiger partial charge in [0.25, 0.3) is 5.91 Å². The first kappa shape index (κ1) is 17.9. The van der Waals surface area contributed by atoms with E-state index in [9.17, 15) is 9.90 Å². The van der Waals surface area contributed by atoms with Crippen molar-refractivity contribution in [1.29, 1.82) is 0 Å². The first-order chi connectivity index (χ1) is 11.6. The molecule has 2 N–H and O–H groups in total. The van der Waals surface area contributed by atoms with Crippen molar-refractivity contribution >= 4 is 5.91 Å². The highest BCUT2D eigenvalue weighted by Gasteiger charge is 2.17. The number of amides is 1. The van der Waals surface area contributed by atoms with E-state index in [0.29, 0.717) is 18.7 Å². The Hall–Kier alpha value is -2.40. The molecule has 1 atom stereocenters. The molecule has 0 bridgehead atoms. The molecular formula is C19H24N2O3. The summed E-state index contributed by atoms with van der Waals surface area (Å²) < 4.78 is 5.64. The van der Waals surface area contributed by atoms with Crippen molar-refractivity contribution in [3.8, 4) is 5.75 Å². The van der Waals surface area contributed by atoms with Gasteiger partial charge in [0, 0.05) is 25.3 Å². The van der Waals surface area contributed by atoms with Crippen LogP contribution >= 0.6 is 0 Å². The molecule has 2 aromatic rings. The quantitative estimate of drug-likeness (QED) is 0.781. The molecule has 0 aliphatic carbocycles. The highest BCUT2D eigenvalue weighted by molar-refractivity contribution is 5.94. The number of ether oxygens (including phenoxy) is 1. The minimum Gasteiger partial charge on any atom is -0.489 e. The first-order valence-electron chi connectivity index (χ1n) is 8.17. The molecule has 5 nitrogen and oxygen atoms in total. The van der Waals surface area contributed by atoms with Crippen LogP contribution < -0.4 is 10.1 Å². The number of aliphatic hydroxyl groups excluding tert-OH is 1. The van der Waals surface area contributed by atoms with E-state index >= 15 is 0 Å². The summed E-state index contributed by atoms with van der Waals surface area (Å²) in [6.45, 7) is 4.31. The highest BCUT2D eigenvalue weighted by Crippen LogP contribution is 2.20. The van der Waals surface area contributed by atoms with Gasteiger partial charge in [-0.3, -0.25) is 4.79 Å². The van der Waals surface area contributed by atoms with Crippen molar-refractivity contribution in [3.05, 3.63) is 59.9 Å². The van der Waals surface area contributed by atoms with Gasteiger partial charge in [0.1, 0.15) is 0 Å². The molecule has 0 saturated carbocycles. The van der Waals surface area contributed by atoms with Gasteiger partial charge in [0.2, 0.25) is 0 Å². The predicted octanol–water partition coefficient (Wildman–Crippen LogP) is 2.76. The van der Waals surface area contributed by atoms with E-state index in [1.54, 1.807) is 18.3 Å². The highest BCUT2D eigenvalue weighted by atomic mass is 16.5. The number of hydrogen-bond acceptors (Lipinski definition) is 4. The summed E-state index contributed by atoms with van der Waals surface area (Å²) in [5.74, 6) is 0.256. The Kier molecular flexibility index (Phi) is 6.75. The molecule has 1 aromatic carbocycles. The molecule has 1 unspecified atom stereocenters. The Bertz CT molecular complexity index is 644. The van der Waals surface area contributed by atoms with E-state index in [0.717, 1.165) is 5.56 Å². The lowest BCUT2D eigenvalue weighted by Gasteiger charge is -2.18. The molecule has 5 heteroatoms. The van der Waals surface area contributed by atoms with Gasteiger partial charge in [-0.05, 0) is 38.0 Å². The van der Waals surface area contributed by atoms with Crippen LogP contribution in [-0.4, -0.2) is 35.3 Å². The van der Waals surface area contributed by atoms with E-state index in [-0.39, 0.29) is 30.2 Å². The Balaban J connectivity index is 2.06. The van der Waals surface area contributed by atoms with E-state index in [4.69, 9.17) is 4.74 Å². The fourth-order valence-corrected chi connectivity index (χ4v) is 2.48. The van der Waals surface area contributed by atoms with Crippen LogP contribution in [0, 0.1) is 0 Å². The van der Waals surface area contributed by atoms with Crippen LogP contribution in [0.4, 0.5) is 0 Å². The fourth-order valence-electron chi connectivity index (χ4n) is 2.48. The average Bonchev–Trinajstić information content (AvgIpc) is 2.59. The van der Waals surface area contributed by atoms with E-state index in [1.165, 1.54) is 0 Å². The number of hydrogen-bond donors (Lipinski definition) is 2. The summed E-state index contributed by atoms with van der Waals surface area (Å²) >= 11 is 0. The SMILES string of the molecule is CC(C)Oc1cccnc1C(=O)NCC(CCO)c1ccccc1. The largest absolute Gasteiger partial charge is 0.489 e. The zero-order chi connectivity index (χ0) is 17.4. The van der Waals surface area contributed by atoms with Gasteiger partial charge >= 0.3 is 0 Å². The number of benzene rings is 1. The Morgan fingerprint density at radius 3 is 2.62 bits per heavy atom. The van der Waals surface area contributed by atoms with Crippen molar-refractivity contribution in [2.45, 2.75) is 32.3 Å². The molecule has 2 rings (SSSR count). The van der Waals surface area contributed by atoms with E-state index in [1.807, 2.05) is 44.2 Å². The topological polar surface area (TPSA) is 71.5 Å². The molecule has 0 fully saturated rings. The number of nitrogens with zero attached hydrogens (tertiary/aromatic N) is 1. The third kappa shape index (κ3) is 5.06. The molecule has 1 amide bonds. The smallest absolute Gasteiger partial charge is 0.273 e. The number of pyridine rings is 1. The molecule has 1 heterocycles. The molecule has 0 spiro atoms. The maximum absolute atomic E-state index is 12.5. The second kappa shape index (κ2) is 9.03. The number of rotatable bonds is 8. The zero-order valence-corrected chi connectivity index (χ0v) is 14.1. The van der Waals surface area contributed by atoms with Gasteiger partial charge in [-0.2, -0.15) is 0 Å². The van der Waals surface area contributed by atoms with Crippen LogP contribution in [0.1, 0.15) is 42.2 Å². The lowest BCUT2D eigenvalue weighted by atomic mass is 9.96. The number of carbonyl (C=O) groups is 1. The molecule has 0 aliphatic heterocycles. The van der Waals surface area contributed by atoms with Crippen LogP contribution in [0.25, 0.3) is 0 Å². The number of carbonyl (C=O) groups excluding carboxylic acids is 1. The predicted molar refractivity (Wildman–Crippen MR) is 93.2 cm³/mol. The maximum atomic E-state index is 12.5. The Morgan fingerprint density at radius 2 is 1.96 bits per heavy atom. The van der Waals surface area contributed by atoms with Crippen LogP contribution in [0.2, 0.25) is 0 Å². The van der Waals surface area contributed by atoms with E-state index in [2.05, 4.69) is 10.3 Å². The van der Waals surface area contributed by atoms with Crippen molar-refractivity contribution in [3.63, 3.8) is 0 Å². The number of aliphatic hydroxyl groups is 1. The monoisotopic (exact) mass is 328 g/mol. The van der Waals surface area contributed by atoms with Gasteiger partial charge < -0.3 is 15.2 Å². The van der Waals surface area contributed by atoms with Crippen molar-refractivity contribution < 1.29 is 14.6 Å². The van der Waals surface area contributed by atoms with Crippen molar-refractivity contribution in [1.82, 2.24) is 10.3 Å². The van der Waals surface area contributed by atoms with Crippen molar-refractivity contribution in [2.75, 3.05) is 13.2 Å². The average molecular weight is 328 g/mol. The lowest BCUT2D eigenvalue weighted by Crippen LogP contribution is -2.30. The summed E-state index contributed by atoms with van der Waals surface area (Å²) in [6, 6.07) is 13.3. The van der Waals surface area contributed by atoms with Gasteiger partial charge in [0.05, 0.1) is 6.10 Å².